The first-order valence-electron chi connectivity index (χ1n) is 6.78. The maximum absolute atomic E-state index is 12.5. The van der Waals surface area contributed by atoms with Crippen LogP contribution in [0.25, 0.3) is 0 Å². The average molecular weight is 301 g/mol. The minimum absolute atomic E-state index is 0.276. The van der Waals surface area contributed by atoms with Crippen LogP contribution >= 0.6 is 0 Å². The minimum Gasteiger partial charge on any atom is -0.207 e. The van der Waals surface area contributed by atoms with Gasteiger partial charge in [-0.1, -0.05) is 54.1 Å². The van der Waals surface area contributed by atoms with Crippen LogP contribution in [0.4, 0.5) is 0 Å². The standard InChI is InChI=1S/C17H19NO2S/c1-3-7-17(15-8-5-4-6-9-15)18-21(19,20)16-12-10-14(2)11-13-16/h3-6,8-13,17-18H,1,7H2,2H3/t17-/m1/s1. The first-order valence-corrected chi connectivity index (χ1v) is 8.26. The lowest BCUT2D eigenvalue weighted by molar-refractivity contribution is 0.557. The van der Waals surface area contributed by atoms with Gasteiger partial charge in [0.05, 0.1) is 10.9 Å². The smallest absolute Gasteiger partial charge is 0.207 e. The van der Waals surface area contributed by atoms with Crippen LogP contribution in [-0.4, -0.2) is 8.42 Å². The summed E-state index contributed by atoms with van der Waals surface area (Å²) >= 11 is 0. The predicted molar refractivity (Wildman–Crippen MR) is 85.5 cm³/mol. The Hall–Kier alpha value is -1.91. The maximum atomic E-state index is 12.5. The Morgan fingerprint density at radius 1 is 1.10 bits per heavy atom. The molecule has 2 rings (SSSR count). The van der Waals surface area contributed by atoms with Gasteiger partial charge < -0.3 is 0 Å². The summed E-state index contributed by atoms with van der Waals surface area (Å²) in [4.78, 5) is 0.276. The molecular weight excluding hydrogens is 282 g/mol. The average Bonchev–Trinajstić information content (AvgIpc) is 2.48. The van der Waals surface area contributed by atoms with E-state index in [1.165, 1.54) is 0 Å². The van der Waals surface area contributed by atoms with Gasteiger partial charge in [0.2, 0.25) is 10.0 Å². The molecule has 1 atom stereocenters. The van der Waals surface area contributed by atoms with Crippen molar-refractivity contribution in [2.24, 2.45) is 0 Å². The van der Waals surface area contributed by atoms with Crippen molar-refractivity contribution in [3.8, 4) is 0 Å². The molecule has 0 fully saturated rings. The molecular formula is C17H19NO2S. The fourth-order valence-corrected chi connectivity index (χ4v) is 3.31. The highest BCUT2D eigenvalue weighted by Gasteiger charge is 2.20. The Balaban J connectivity index is 2.27. The Kier molecular flexibility index (Phi) is 4.94. The summed E-state index contributed by atoms with van der Waals surface area (Å²) in [7, 11) is -3.54. The molecule has 3 nitrogen and oxygen atoms in total. The number of hydrogen-bond donors (Lipinski definition) is 1. The molecule has 0 saturated carbocycles. The Morgan fingerprint density at radius 2 is 1.71 bits per heavy atom. The number of aryl methyl sites for hydroxylation is 1. The first kappa shape index (κ1) is 15.5. The van der Waals surface area contributed by atoms with E-state index in [-0.39, 0.29) is 10.9 Å². The van der Waals surface area contributed by atoms with Gasteiger partial charge in [-0.15, -0.1) is 6.58 Å². The lowest BCUT2D eigenvalue weighted by Gasteiger charge is -2.18. The molecule has 110 valence electrons. The zero-order valence-corrected chi connectivity index (χ0v) is 12.8. The maximum Gasteiger partial charge on any atom is 0.241 e. The lowest BCUT2D eigenvalue weighted by atomic mass is 10.1. The Bertz CT molecular complexity index is 691. The van der Waals surface area contributed by atoms with E-state index in [9.17, 15) is 8.42 Å². The summed E-state index contributed by atoms with van der Waals surface area (Å²) < 4.78 is 27.7. The molecule has 0 aliphatic rings. The normalized spacial score (nSPS) is 12.8. The number of rotatable bonds is 6. The molecule has 2 aromatic rings. The summed E-state index contributed by atoms with van der Waals surface area (Å²) in [5, 5.41) is 0. The number of nitrogens with one attached hydrogen (secondary N) is 1. The molecule has 0 aromatic heterocycles. The van der Waals surface area contributed by atoms with E-state index in [1.54, 1.807) is 30.3 Å². The van der Waals surface area contributed by atoms with E-state index in [2.05, 4.69) is 11.3 Å². The summed E-state index contributed by atoms with van der Waals surface area (Å²) in [5.41, 5.74) is 1.95. The van der Waals surface area contributed by atoms with Crippen LogP contribution < -0.4 is 4.72 Å². The van der Waals surface area contributed by atoms with Crippen molar-refractivity contribution in [2.45, 2.75) is 24.3 Å². The third-order valence-corrected chi connectivity index (χ3v) is 4.72. The van der Waals surface area contributed by atoms with Crippen LogP contribution in [-0.2, 0) is 10.0 Å². The van der Waals surface area contributed by atoms with Gasteiger partial charge in [0, 0.05) is 0 Å². The van der Waals surface area contributed by atoms with Crippen LogP contribution in [0.15, 0.2) is 72.1 Å². The molecule has 4 heteroatoms. The highest BCUT2D eigenvalue weighted by Crippen LogP contribution is 2.20. The van der Waals surface area contributed by atoms with Gasteiger partial charge >= 0.3 is 0 Å². The highest BCUT2D eigenvalue weighted by molar-refractivity contribution is 7.89. The van der Waals surface area contributed by atoms with Crippen molar-refractivity contribution >= 4 is 10.0 Å². The molecule has 0 radical (unpaired) electrons. The van der Waals surface area contributed by atoms with Crippen LogP contribution in [0.1, 0.15) is 23.6 Å². The van der Waals surface area contributed by atoms with Crippen molar-refractivity contribution in [3.63, 3.8) is 0 Å². The Labute approximate surface area is 126 Å². The van der Waals surface area contributed by atoms with Crippen LogP contribution in [0.2, 0.25) is 0 Å². The van der Waals surface area contributed by atoms with Crippen LogP contribution in [0, 0.1) is 6.92 Å². The molecule has 21 heavy (non-hydrogen) atoms. The summed E-state index contributed by atoms with van der Waals surface area (Å²) in [6.07, 6.45) is 2.25. The zero-order valence-electron chi connectivity index (χ0n) is 12.0. The van der Waals surface area contributed by atoms with Crippen molar-refractivity contribution < 1.29 is 8.42 Å². The number of sulfonamides is 1. The second-order valence-electron chi connectivity index (χ2n) is 4.92. The van der Waals surface area contributed by atoms with Gasteiger partial charge in [-0.2, -0.15) is 0 Å². The summed E-state index contributed by atoms with van der Waals surface area (Å²) in [6.45, 7) is 5.63. The van der Waals surface area contributed by atoms with Gasteiger partial charge in [-0.25, -0.2) is 13.1 Å². The van der Waals surface area contributed by atoms with Crippen molar-refractivity contribution in [2.75, 3.05) is 0 Å². The first-order chi connectivity index (χ1) is 10.0. The van der Waals surface area contributed by atoms with Crippen molar-refractivity contribution in [1.29, 1.82) is 0 Å². The molecule has 0 heterocycles. The largest absolute Gasteiger partial charge is 0.241 e. The molecule has 0 aliphatic heterocycles. The number of hydrogen-bond acceptors (Lipinski definition) is 2. The van der Waals surface area contributed by atoms with Crippen molar-refractivity contribution in [1.82, 2.24) is 4.72 Å². The van der Waals surface area contributed by atoms with Crippen LogP contribution in [0.3, 0.4) is 0 Å². The third kappa shape index (κ3) is 4.03. The van der Waals surface area contributed by atoms with E-state index < -0.39 is 10.0 Å². The molecule has 0 aliphatic carbocycles. The second kappa shape index (κ2) is 6.70. The van der Waals surface area contributed by atoms with Gasteiger partial charge in [-0.3, -0.25) is 0 Å². The summed E-state index contributed by atoms with van der Waals surface area (Å²) in [5.74, 6) is 0. The molecule has 0 saturated heterocycles. The van der Waals surface area contributed by atoms with Crippen molar-refractivity contribution in [3.05, 3.63) is 78.4 Å². The molecule has 0 unspecified atom stereocenters. The molecule has 1 N–H and O–H groups in total. The topological polar surface area (TPSA) is 46.2 Å². The zero-order chi connectivity index (χ0) is 15.3. The van der Waals surface area contributed by atoms with Crippen LogP contribution in [0.5, 0.6) is 0 Å². The van der Waals surface area contributed by atoms with Gasteiger partial charge in [-0.05, 0) is 31.0 Å². The highest BCUT2D eigenvalue weighted by atomic mass is 32.2. The van der Waals surface area contributed by atoms with E-state index in [0.29, 0.717) is 6.42 Å². The fourth-order valence-electron chi connectivity index (χ4n) is 2.08. The second-order valence-corrected chi connectivity index (χ2v) is 6.64. The fraction of sp³-hybridized carbons (Fsp3) is 0.176. The third-order valence-electron chi connectivity index (χ3n) is 3.23. The van der Waals surface area contributed by atoms with E-state index in [1.807, 2.05) is 37.3 Å². The minimum atomic E-state index is -3.54. The quantitative estimate of drug-likeness (QED) is 0.829. The van der Waals surface area contributed by atoms with Gasteiger partial charge in [0.15, 0.2) is 0 Å². The predicted octanol–water partition coefficient (Wildman–Crippen LogP) is 3.59. The molecule has 0 amide bonds. The Morgan fingerprint density at radius 3 is 2.29 bits per heavy atom. The van der Waals surface area contributed by atoms with E-state index >= 15 is 0 Å². The van der Waals surface area contributed by atoms with Gasteiger partial charge in [0.1, 0.15) is 0 Å². The number of benzene rings is 2. The molecule has 0 bridgehead atoms. The van der Waals surface area contributed by atoms with E-state index in [4.69, 9.17) is 0 Å². The monoisotopic (exact) mass is 301 g/mol. The van der Waals surface area contributed by atoms with Gasteiger partial charge in [0.25, 0.3) is 0 Å². The molecule has 0 spiro atoms. The molecule has 2 aromatic carbocycles. The lowest BCUT2D eigenvalue weighted by Crippen LogP contribution is -2.28. The van der Waals surface area contributed by atoms with E-state index in [0.717, 1.165) is 11.1 Å². The summed E-state index contributed by atoms with van der Waals surface area (Å²) in [6, 6.07) is 16.0. The SMILES string of the molecule is C=CC[C@@H](NS(=O)(=O)c1ccc(C)cc1)c1ccccc1.